The van der Waals surface area contributed by atoms with Crippen LogP contribution in [0.15, 0.2) is 24.5 Å². The summed E-state index contributed by atoms with van der Waals surface area (Å²) in [6.45, 7) is 9.58. The van der Waals surface area contributed by atoms with Gasteiger partial charge in [-0.15, -0.1) is 0 Å². The Labute approximate surface area is 199 Å². The molecule has 1 saturated heterocycles. The third-order valence-electron chi connectivity index (χ3n) is 5.77. The molecule has 1 unspecified atom stereocenters. The van der Waals surface area contributed by atoms with Crippen molar-refractivity contribution in [2.24, 2.45) is 0 Å². The number of methoxy groups -OCH3 is 1. The number of ether oxygens (including phenoxy) is 3. The topological polar surface area (TPSA) is 118 Å². The zero-order valence-electron chi connectivity index (χ0n) is 20.2. The number of hydrogen-bond donors (Lipinski definition) is 2. The second-order valence-electron chi connectivity index (χ2n) is 9.43. The van der Waals surface area contributed by atoms with Crippen LogP contribution in [0.5, 0.6) is 11.5 Å². The Balaban J connectivity index is 1.95. The maximum absolute atomic E-state index is 13.4. The molecule has 2 aliphatic rings. The first-order valence-electron chi connectivity index (χ1n) is 11.4. The van der Waals surface area contributed by atoms with Crippen LogP contribution < -0.4 is 14.4 Å². The number of anilines is 1. The minimum atomic E-state index is -1.27. The van der Waals surface area contributed by atoms with Crippen molar-refractivity contribution in [3.8, 4) is 11.5 Å². The zero-order valence-corrected chi connectivity index (χ0v) is 20.2. The number of carbonyl (C=O) groups is 2. The number of hydrogen-bond acceptors (Lipinski definition) is 8. The Morgan fingerprint density at radius 2 is 1.97 bits per heavy atom. The number of aliphatic hydroxyl groups excluding tert-OH is 1. The molecule has 10 nitrogen and oxygen atoms in total. The largest absolute Gasteiger partial charge is 0.493 e. The number of benzene rings is 1. The van der Waals surface area contributed by atoms with E-state index in [1.54, 1.807) is 31.7 Å². The van der Waals surface area contributed by atoms with E-state index in [2.05, 4.69) is 11.5 Å². The first kappa shape index (κ1) is 25.6. The van der Waals surface area contributed by atoms with Gasteiger partial charge in [-0.1, -0.05) is 6.58 Å². The number of amides is 2. The molecule has 2 N–H and O–H groups in total. The standard InChI is InChI=1S/C24H34N2O8/c1-15(34-30)9-6-7-12-32-20-14-18-16(13-19(20)31-5)21(27)25-11-8-10-17(25)22(28)26(18)23(29)33-24(2,3)4/h13-14,17,22,28,30H,1,6-12H2,2-5H3/t17?,22-/m0/s1. The lowest BCUT2D eigenvalue weighted by atomic mass is 10.1. The van der Waals surface area contributed by atoms with Crippen molar-refractivity contribution in [1.82, 2.24) is 4.90 Å². The van der Waals surface area contributed by atoms with Gasteiger partial charge in [0.05, 0.1) is 31.0 Å². The maximum Gasteiger partial charge on any atom is 0.417 e. The number of rotatable bonds is 8. The second-order valence-corrected chi connectivity index (χ2v) is 9.43. The van der Waals surface area contributed by atoms with Crippen molar-refractivity contribution in [2.45, 2.75) is 70.7 Å². The van der Waals surface area contributed by atoms with Crippen molar-refractivity contribution in [2.75, 3.05) is 25.2 Å². The third kappa shape index (κ3) is 5.56. The number of fused-ring (bicyclic) bond motifs is 2. The van der Waals surface area contributed by atoms with Gasteiger partial charge in [-0.2, -0.15) is 0 Å². The molecule has 0 radical (unpaired) electrons. The minimum absolute atomic E-state index is 0.207. The molecule has 0 spiro atoms. The lowest BCUT2D eigenvalue weighted by Crippen LogP contribution is -2.51. The zero-order chi connectivity index (χ0) is 25.0. The summed E-state index contributed by atoms with van der Waals surface area (Å²) in [6.07, 6.45) is 1.07. The van der Waals surface area contributed by atoms with Crippen LogP contribution in [0.3, 0.4) is 0 Å². The van der Waals surface area contributed by atoms with E-state index in [9.17, 15) is 14.7 Å². The SMILES string of the molecule is C=C(CCCCOc1cc2c(cc1OC)C(=O)N1CCCC1[C@H](O)N2C(=O)OC(C)(C)C)OO. The predicted molar refractivity (Wildman–Crippen MR) is 124 cm³/mol. The first-order chi connectivity index (χ1) is 16.1. The summed E-state index contributed by atoms with van der Waals surface area (Å²) in [7, 11) is 1.47. The Kier molecular flexibility index (Phi) is 7.93. The number of aliphatic hydroxyl groups is 1. The molecular weight excluding hydrogens is 444 g/mol. The monoisotopic (exact) mass is 478 g/mol. The molecule has 2 atom stereocenters. The van der Waals surface area contributed by atoms with E-state index in [-0.39, 0.29) is 22.9 Å². The molecule has 0 aliphatic carbocycles. The van der Waals surface area contributed by atoms with Crippen LogP contribution in [0, 0.1) is 0 Å². The van der Waals surface area contributed by atoms with Crippen LogP contribution in [0.2, 0.25) is 0 Å². The summed E-state index contributed by atoms with van der Waals surface area (Å²) in [5, 5.41) is 19.8. The van der Waals surface area contributed by atoms with Gasteiger partial charge in [0.1, 0.15) is 11.4 Å². The number of carbonyl (C=O) groups excluding carboxylic acids is 2. The van der Waals surface area contributed by atoms with E-state index in [0.717, 1.165) is 11.3 Å². The molecule has 1 aromatic carbocycles. The molecule has 34 heavy (non-hydrogen) atoms. The Bertz CT molecular complexity index is 926. The van der Waals surface area contributed by atoms with Crippen LogP contribution in [0.1, 0.15) is 63.2 Å². The summed E-state index contributed by atoms with van der Waals surface area (Å²) in [4.78, 5) is 33.4. The van der Waals surface area contributed by atoms with Gasteiger partial charge in [-0.05, 0) is 52.5 Å². The van der Waals surface area contributed by atoms with Crippen molar-refractivity contribution in [1.29, 1.82) is 0 Å². The Hall–Kier alpha value is -2.98. The van der Waals surface area contributed by atoms with Crippen LogP contribution in [0.4, 0.5) is 10.5 Å². The molecule has 2 heterocycles. The molecule has 10 heteroatoms. The van der Waals surface area contributed by atoms with E-state index in [0.29, 0.717) is 50.3 Å². The highest BCUT2D eigenvalue weighted by molar-refractivity contribution is 6.06. The van der Waals surface area contributed by atoms with Gasteiger partial charge < -0.3 is 29.1 Å². The second kappa shape index (κ2) is 10.5. The fraction of sp³-hybridized carbons (Fsp3) is 0.583. The van der Waals surface area contributed by atoms with Gasteiger partial charge in [-0.3, -0.25) is 4.79 Å². The average Bonchev–Trinajstić information content (AvgIpc) is 3.24. The smallest absolute Gasteiger partial charge is 0.417 e. The number of unbranched alkanes of at least 4 members (excludes halogenated alkanes) is 1. The average molecular weight is 479 g/mol. The Morgan fingerprint density at radius 1 is 1.24 bits per heavy atom. The fourth-order valence-corrected chi connectivity index (χ4v) is 4.19. The van der Waals surface area contributed by atoms with E-state index in [1.165, 1.54) is 13.2 Å². The normalized spacial score (nSPS) is 19.8. The lowest BCUT2D eigenvalue weighted by Gasteiger charge is -2.33. The summed E-state index contributed by atoms with van der Waals surface area (Å²) >= 11 is 0. The highest BCUT2D eigenvalue weighted by atomic mass is 17.1. The number of allylic oxidation sites excluding steroid dienone is 1. The molecule has 188 valence electrons. The van der Waals surface area contributed by atoms with Crippen LogP contribution >= 0.6 is 0 Å². The molecule has 1 fully saturated rings. The molecule has 0 aromatic heterocycles. The fourth-order valence-electron chi connectivity index (χ4n) is 4.19. The van der Waals surface area contributed by atoms with Gasteiger partial charge >= 0.3 is 6.09 Å². The van der Waals surface area contributed by atoms with Gasteiger partial charge in [0.25, 0.3) is 5.91 Å². The van der Waals surface area contributed by atoms with E-state index in [1.807, 2.05) is 0 Å². The van der Waals surface area contributed by atoms with E-state index >= 15 is 0 Å². The summed E-state index contributed by atoms with van der Waals surface area (Å²) in [6, 6.07) is 2.54. The quantitative estimate of drug-likeness (QED) is 0.250. The first-order valence-corrected chi connectivity index (χ1v) is 11.4. The Morgan fingerprint density at radius 3 is 2.62 bits per heavy atom. The van der Waals surface area contributed by atoms with Crippen molar-refractivity contribution < 1.29 is 39.1 Å². The van der Waals surface area contributed by atoms with Crippen LogP contribution in [0.25, 0.3) is 0 Å². The minimum Gasteiger partial charge on any atom is -0.493 e. The summed E-state index contributed by atoms with van der Waals surface area (Å²) in [5.41, 5.74) is -0.356. The number of nitrogens with zero attached hydrogens (tertiary/aromatic N) is 2. The summed E-state index contributed by atoms with van der Waals surface area (Å²) < 4.78 is 16.9. The molecule has 2 amide bonds. The molecule has 0 saturated carbocycles. The maximum atomic E-state index is 13.4. The molecule has 2 aliphatic heterocycles. The van der Waals surface area contributed by atoms with Crippen molar-refractivity contribution >= 4 is 17.7 Å². The molecule has 1 aromatic rings. The van der Waals surface area contributed by atoms with Gasteiger partial charge in [-0.25, -0.2) is 15.0 Å². The lowest BCUT2D eigenvalue weighted by molar-refractivity contribution is -0.205. The highest BCUT2D eigenvalue weighted by Crippen LogP contribution is 2.41. The van der Waals surface area contributed by atoms with Gasteiger partial charge in [0.2, 0.25) is 0 Å². The van der Waals surface area contributed by atoms with E-state index < -0.39 is 24.0 Å². The highest BCUT2D eigenvalue weighted by Gasteiger charge is 2.45. The molecule has 0 bridgehead atoms. The summed E-state index contributed by atoms with van der Waals surface area (Å²) in [5.74, 6) is 0.652. The van der Waals surface area contributed by atoms with Crippen molar-refractivity contribution in [3.05, 3.63) is 30.0 Å². The third-order valence-corrected chi connectivity index (χ3v) is 5.77. The van der Waals surface area contributed by atoms with Gasteiger partial charge in [0.15, 0.2) is 17.7 Å². The van der Waals surface area contributed by atoms with Crippen molar-refractivity contribution in [3.63, 3.8) is 0 Å². The van der Waals surface area contributed by atoms with Crippen LogP contribution in [-0.4, -0.2) is 65.4 Å². The molecular formula is C24H34N2O8. The van der Waals surface area contributed by atoms with E-state index in [4.69, 9.17) is 19.5 Å². The van der Waals surface area contributed by atoms with Crippen LogP contribution in [-0.2, 0) is 9.62 Å². The van der Waals surface area contributed by atoms with Gasteiger partial charge in [0, 0.05) is 19.0 Å². The predicted octanol–water partition coefficient (Wildman–Crippen LogP) is 3.93. The molecule has 3 rings (SSSR count).